The number of aromatic nitrogens is 1. The molecular weight excluding hydrogens is 364 g/mol. The van der Waals surface area contributed by atoms with Crippen molar-refractivity contribution in [3.63, 3.8) is 0 Å². The summed E-state index contributed by atoms with van der Waals surface area (Å²) in [5.41, 5.74) is 7.23. The van der Waals surface area contributed by atoms with Crippen LogP contribution in [0.15, 0.2) is 48.7 Å². The van der Waals surface area contributed by atoms with Gasteiger partial charge >= 0.3 is 0 Å². The normalized spacial score (nSPS) is 22.3. The zero-order valence-electron chi connectivity index (χ0n) is 18.0. The fraction of sp³-hybridized carbons (Fsp3) is 0.429. The van der Waals surface area contributed by atoms with Gasteiger partial charge in [0.25, 0.3) is 0 Å². The number of piperidine rings is 1. The highest BCUT2D eigenvalue weighted by Crippen LogP contribution is 2.40. The first-order valence-corrected chi connectivity index (χ1v) is 11.5. The Labute approximate surface area is 180 Å². The van der Waals surface area contributed by atoms with Gasteiger partial charge in [0.1, 0.15) is 0 Å². The van der Waals surface area contributed by atoms with Gasteiger partial charge in [-0.15, -0.1) is 12.3 Å². The van der Waals surface area contributed by atoms with Gasteiger partial charge in [-0.25, -0.2) is 0 Å². The summed E-state index contributed by atoms with van der Waals surface area (Å²) in [6.07, 6.45) is 15.1. The maximum atomic E-state index is 5.67. The highest BCUT2D eigenvalue weighted by atomic mass is 15.2. The van der Waals surface area contributed by atoms with Crippen molar-refractivity contribution in [2.24, 2.45) is 11.8 Å². The van der Waals surface area contributed by atoms with Crippen LogP contribution in [0.1, 0.15) is 60.4 Å². The van der Waals surface area contributed by atoms with E-state index in [0.717, 1.165) is 31.8 Å². The summed E-state index contributed by atoms with van der Waals surface area (Å²) in [4.78, 5) is 6.21. The van der Waals surface area contributed by atoms with Gasteiger partial charge in [-0.2, -0.15) is 0 Å². The number of H-pyrrole nitrogens is 1. The van der Waals surface area contributed by atoms with Gasteiger partial charge in [0.05, 0.1) is 0 Å². The van der Waals surface area contributed by atoms with Crippen molar-refractivity contribution >= 4 is 10.9 Å². The lowest BCUT2D eigenvalue weighted by atomic mass is 9.84. The molecule has 5 rings (SSSR count). The molecule has 2 nitrogen and oxygen atoms in total. The summed E-state index contributed by atoms with van der Waals surface area (Å²) in [6, 6.07) is 16.2. The summed E-state index contributed by atoms with van der Waals surface area (Å²) in [7, 11) is 0. The van der Waals surface area contributed by atoms with Crippen molar-refractivity contribution in [2.45, 2.75) is 58.0 Å². The Morgan fingerprint density at radius 1 is 1.10 bits per heavy atom. The first-order chi connectivity index (χ1) is 14.7. The lowest BCUT2D eigenvalue weighted by Crippen LogP contribution is -2.36. The third-order valence-electron chi connectivity index (χ3n) is 7.22. The molecule has 0 unspecified atom stereocenters. The van der Waals surface area contributed by atoms with E-state index < -0.39 is 0 Å². The van der Waals surface area contributed by atoms with Crippen LogP contribution in [0.5, 0.6) is 0 Å². The number of nitrogens with one attached hydrogen (secondary N) is 1. The molecule has 2 heteroatoms. The molecule has 1 aromatic heterocycles. The maximum Gasteiger partial charge on any atom is 0.0487 e. The fourth-order valence-corrected chi connectivity index (χ4v) is 5.40. The van der Waals surface area contributed by atoms with E-state index in [1.807, 2.05) is 0 Å². The number of aryl methyl sites for hydroxylation is 1. The molecule has 2 heterocycles. The molecule has 1 N–H and O–H groups in total. The second kappa shape index (κ2) is 8.32. The first-order valence-electron chi connectivity index (χ1n) is 11.5. The summed E-state index contributed by atoms with van der Waals surface area (Å²) >= 11 is 0. The molecule has 2 aromatic carbocycles. The summed E-state index contributed by atoms with van der Waals surface area (Å²) in [6.45, 7) is 4.39. The molecule has 2 atom stereocenters. The van der Waals surface area contributed by atoms with Gasteiger partial charge in [0.15, 0.2) is 0 Å². The minimum atomic E-state index is 0.447. The molecule has 2 fully saturated rings. The topological polar surface area (TPSA) is 19.0 Å². The van der Waals surface area contributed by atoms with E-state index in [0.29, 0.717) is 12.0 Å². The highest BCUT2D eigenvalue weighted by Gasteiger charge is 2.31. The van der Waals surface area contributed by atoms with Crippen LogP contribution in [0.3, 0.4) is 0 Å². The Hall–Kier alpha value is -2.50. The standard InChI is InChI=1S/C28H32N2/c1-3-7-21-13-15-30(27(18-21)23-8-5-4-6-9-23)19-26-24(17-22-10-11-22)16-20(2)28-25(26)12-14-29-28/h1,4-6,8-9,12,14,16,21-22,27,29H,7,10-11,13,15,17-19H2,2H3/t21-,27-/m0/s1. The number of likely N-dealkylation sites (tertiary alicyclic amines) is 1. The van der Waals surface area contributed by atoms with Gasteiger partial charge in [0.2, 0.25) is 0 Å². The Kier molecular flexibility index (Phi) is 5.40. The third-order valence-corrected chi connectivity index (χ3v) is 7.22. The van der Waals surface area contributed by atoms with E-state index >= 15 is 0 Å². The summed E-state index contributed by atoms with van der Waals surface area (Å²) in [5.74, 6) is 4.44. The Morgan fingerprint density at radius 2 is 1.93 bits per heavy atom. The minimum absolute atomic E-state index is 0.447. The van der Waals surface area contributed by atoms with Gasteiger partial charge in [-0.3, -0.25) is 4.90 Å². The molecule has 30 heavy (non-hydrogen) atoms. The van der Waals surface area contributed by atoms with Gasteiger partial charge in [0, 0.05) is 36.1 Å². The average molecular weight is 397 g/mol. The minimum Gasteiger partial charge on any atom is -0.361 e. The van der Waals surface area contributed by atoms with Crippen molar-refractivity contribution in [1.82, 2.24) is 9.88 Å². The number of hydrogen-bond donors (Lipinski definition) is 1. The van der Waals surface area contributed by atoms with Crippen molar-refractivity contribution in [1.29, 1.82) is 0 Å². The molecule has 3 aromatic rings. The van der Waals surface area contributed by atoms with E-state index in [1.165, 1.54) is 47.7 Å². The van der Waals surface area contributed by atoms with Crippen molar-refractivity contribution in [3.8, 4) is 12.3 Å². The fourth-order valence-electron chi connectivity index (χ4n) is 5.40. The quantitative estimate of drug-likeness (QED) is 0.477. The smallest absolute Gasteiger partial charge is 0.0487 e. The largest absolute Gasteiger partial charge is 0.361 e. The molecule has 0 spiro atoms. The number of hydrogen-bond acceptors (Lipinski definition) is 1. The third kappa shape index (κ3) is 3.92. The first kappa shape index (κ1) is 19.5. The molecular formula is C28H32N2. The maximum absolute atomic E-state index is 5.67. The van der Waals surface area contributed by atoms with Crippen LogP contribution in [-0.2, 0) is 13.0 Å². The predicted octanol–water partition coefficient (Wildman–Crippen LogP) is 6.41. The second-order valence-electron chi connectivity index (χ2n) is 9.44. The molecule has 1 saturated heterocycles. The highest BCUT2D eigenvalue weighted by molar-refractivity contribution is 5.87. The van der Waals surface area contributed by atoms with Gasteiger partial charge < -0.3 is 4.98 Å². The average Bonchev–Trinajstić information content (AvgIpc) is 3.44. The lowest BCUT2D eigenvalue weighted by Gasteiger charge is -2.40. The number of aromatic amines is 1. The summed E-state index contributed by atoms with van der Waals surface area (Å²) in [5, 5.41) is 1.42. The van der Waals surface area contributed by atoms with E-state index in [-0.39, 0.29) is 0 Å². The van der Waals surface area contributed by atoms with Crippen molar-refractivity contribution in [2.75, 3.05) is 6.54 Å². The van der Waals surface area contributed by atoms with Crippen LogP contribution in [0.2, 0.25) is 0 Å². The van der Waals surface area contributed by atoms with Gasteiger partial charge in [-0.1, -0.05) is 36.4 Å². The molecule has 0 bridgehead atoms. The number of benzene rings is 2. The zero-order valence-corrected chi connectivity index (χ0v) is 18.0. The number of rotatable bonds is 6. The molecule has 154 valence electrons. The van der Waals surface area contributed by atoms with Crippen LogP contribution in [-0.4, -0.2) is 16.4 Å². The monoisotopic (exact) mass is 396 g/mol. The van der Waals surface area contributed by atoms with Crippen LogP contribution in [0.25, 0.3) is 10.9 Å². The molecule has 0 radical (unpaired) electrons. The van der Waals surface area contributed by atoms with E-state index in [9.17, 15) is 0 Å². The lowest BCUT2D eigenvalue weighted by molar-refractivity contribution is 0.106. The SMILES string of the molecule is C#CC[C@H]1CCN(Cc2c(CC3CC3)cc(C)c3[nH]ccc23)[C@H](c2ccccc2)C1. The summed E-state index contributed by atoms with van der Waals surface area (Å²) < 4.78 is 0. The van der Waals surface area contributed by atoms with Crippen LogP contribution in [0.4, 0.5) is 0 Å². The molecule has 1 aliphatic carbocycles. The number of nitrogens with zero attached hydrogens (tertiary/aromatic N) is 1. The van der Waals surface area contributed by atoms with E-state index in [2.05, 4.69) is 71.4 Å². The Bertz CT molecular complexity index is 1050. The molecule has 2 aliphatic rings. The van der Waals surface area contributed by atoms with E-state index in [1.54, 1.807) is 11.1 Å². The molecule has 1 saturated carbocycles. The van der Waals surface area contributed by atoms with Crippen LogP contribution in [0, 0.1) is 31.1 Å². The van der Waals surface area contributed by atoms with Crippen molar-refractivity contribution < 1.29 is 0 Å². The second-order valence-corrected chi connectivity index (χ2v) is 9.44. The molecule has 1 aliphatic heterocycles. The van der Waals surface area contributed by atoms with Crippen LogP contribution >= 0.6 is 0 Å². The predicted molar refractivity (Wildman–Crippen MR) is 125 cm³/mol. The van der Waals surface area contributed by atoms with Crippen molar-refractivity contribution in [3.05, 3.63) is 70.9 Å². The Morgan fingerprint density at radius 3 is 2.70 bits per heavy atom. The van der Waals surface area contributed by atoms with Crippen LogP contribution < -0.4 is 0 Å². The number of terminal acetylenes is 1. The van der Waals surface area contributed by atoms with E-state index in [4.69, 9.17) is 6.42 Å². The Balaban J connectivity index is 1.50. The van der Waals surface area contributed by atoms with Gasteiger partial charge in [-0.05, 0) is 85.7 Å². The number of fused-ring (bicyclic) bond motifs is 1. The molecule has 0 amide bonds. The zero-order chi connectivity index (χ0) is 20.5.